The predicted octanol–water partition coefficient (Wildman–Crippen LogP) is 2.49. The minimum atomic E-state index is -0.310. The molecular formula is C19H22FN3O2. The maximum Gasteiger partial charge on any atom is 0.274 e. The van der Waals surface area contributed by atoms with Gasteiger partial charge in [-0.3, -0.25) is 4.79 Å². The zero-order valence-electron chi connectivity index (χ0n) is 14.1. The maximum absolute atomic E-state index is 13.2. The van der Waals surface area contributed by atoms with Crippen molar-refractivity contribution in [2.45, 2.75) is 44.6 Å². The Bertz CT molecular complexity index is 777. The molecule has 6 heteroatoms. The van der Waals surface area contributed by atoms with E-state index in [1.165, 1.54) is 12.1 Å². The minimum Gasteiger partial charge on any atom is -0.393 e. The van der Waals surface area contributed by atoms with Crippen LogP contribution in [0.25, 0.3) is 5.69 Å². The van der Waals surface area contributed by atoms with Crippen LogP contribution in [-0.4, -0.2) is 44.9 Å². The second-order valence-corrected chi connectivity index (χ2v) is 6.89. The standard InChI is InChI=1S/C19H22FN3O2/c20-13-5-7-14(8-6-13)23-17-4-2-1-3-16(17)18(21-23)19(25)22-11-9-15(24)10-12-22/h5-8,15,24H,1-4,9-12H2. The molecule has 5 nitrogen and oxygen atoms in total. The van der Waals surface area contributed by atoms with Crippen molar-refractivity contribution in [3.05, 3.63) is 47.0 Å². The maximum atomic E-state index is 13.2. The molecule has 0 spiro atoms. The highest BCUT2D eigenvalue weighted by Crippen LogP contribution is 2.28. The number of carbonyl (C=O) groups excluding carboxylic acids is 1. The first kappa shape index (κ1) is 16.3. The van der Waals surface area contributed by atoms with E-state index in [-0.39, 0.29) is 17.8 Å². The first-order valence-electron chi connectivity index (χ1n) is 8.97. The van der Waals surface area contributed by atoms with E-state index in [1.54, 1.807) is 21.7 Å². The van der Waals surface area contributed by atoms with E-state index >= 15 is 0 Å². The lowest BCUT2D eigenvalue weighted by Crippen LogP contribution is -2.40. The molecule has 2 aromatic rings. The molecule has 25 heavy (non-hydrogen) atoms. The average Bonchev–Trinajstić information content (AvgIpc) is 3.02. The smallest absolute Gasteiger partial charge is 0.274 e. The highest BCUT2D eigenvalue weighted by atomic mass is 19.1. The molecule has 1 N–H and O–H groups in total. The molecule has 1 aliphatic carbocycles. The number of fused-ring (bicyclic) bond motifs is 1. The van der Waals surface area contributed by atoms with Crippen molar-refractivity contribution in [3.8, 4) is 5.69 Å². The largest absolute Gasteiger partial charge is 0.393 e. The molecule has 2 heterocycles. The number of hydrogen-bond acceptors (Lipinski definition) is 3. The molecule has 1 aromatic heterocycles. The molecule has 0 radical (unpaired) electrons. The fourth-order valence-electron chi connectivity index (χ4n) is 3.79. The molecule has 0 unspecified atom stereocenters. The summed E-state index contributed by atoms with van der Waals surface area (Å²) in [7, 11) is 0. The van der Waals surface area contributed by atoms with Crippen LogP contribution in [0.2, 0.25) is 0 Å². The zero-order valence-corrected chi connectivity index (χ0v) is 14.1. The number of benzene rings is 1. The van der Waals surface area contributed by atoms with Crippen LogP contribution >= 0.6 is 0 Å². The molecule has 0 atom stereocenters. The first-order valence-corrected chi connectivity index (χ1v) is 8.97. The van der Waals surface area contributed by atoms with E-state index in [1.807, 2.05) is 0 Å². The van der Waals surface area contributed by atoms with Crippen LogP contribution < -0.4 is 0 Å². The Balaban J connectivity index is 1.70. The van der Waals surface area contributed by atoms with Gasteiger partial charge >= 0.3 is 0 Å². The molecule has 0 saturated carbocycles. The molecular weight excluding hydrogens is 321 g/mol. The van der Waals surface area contributed by atoms with Crippen LogP contribution in [0.15, 0.2) is 24.3 Å². The van der Waals surface area contributed by atoms with Gasteiger partial charge in [0, 0.05) is 24.3 Å². The van der Waals surface area contributed by atoms with E-state index in [2.05, 4.69) is 5.10 Å². The number of aliphatic hydroxyl groups excluding tert-OH is 1. The fourth-order valence-corrected chi connectivity index (χ4v) is 3.79. The Morgan fingerprint density at radius 2 is 1.80 bits per heavy atom. The molecule has 1 aliphatic heterocycles. The van der Waals surface area contributed by atoms with Crippen molar-refractivity contribution >= 4 is 5.91 Å². The second-order valence-electron chi connectivity index (χ2n) is 6.89. The third-order valence-corrected chi connectivity index (χ3v) is 5.21. The third-order valence-electron chi connectivity index (χ3n) is 5.21. The number of halogens is 1. The Labute approximate surface area is 146 Å². The summed E-state index contributed by atoms with van der Waals surface area (Å²) in [6.45, 7) is 1.14. The van der Waals surface area contributed by atoms with E-state index < -0.39 is 0 Å². The van der Waals surface area contributed by atoms with Gasteiger partial charge < -0.3 is 10.0 Å². The first-order chi connectivity index (χ1) is 12.1. The number of aliphatic hydroxyl groups is 1. The van der Waals surface area contributed by atoms with Gasteiger partial charge in [0.25, 0.3) is 5.91 Å². The van der Waals surface area contributed by atoms with E-state index in [4.69, 9.17) is 0 Å². The van der Waals surface area contributed by atoms with Gasteiger partial charge in [0.05, 0.1) is 11.8 Å². The van der Waals surface area contributed by atoms with Crippen molar-refractivity contribution in [3.63, 3.8) is 0 Å². The second kappa shape index (κ2) is 6.59. The Hall–Kier alpha value is -2.21. The van der Waals surface area contributed by atoms with Gasteiger partial charge in [-0.15, -0.1) is 0 Å². The van der Waals surface area contributed by atoms with Crippen molar-refractivity contribution in [2.75, 3.05) is 13.1 Å². The van der Waals surface area contributed by atoms with Crippen LogP contribution in [0.5, 0.6) is 0 Å². The van der Waals surface area contributed by atoms with Crippen LogP contribution in [0.4, 0.5) is 4.39 Å². The molecule has 0 bridgehead atoms. The fraction of sp³-hybridized carbons (Fsp3) is 0.474. The Morgan fingerprint density at radius 1 is 1.12 bits per heavy atom. The van der Waals surface area contributed by atoms with Gasteiger partial charge in [-0.05, 0) is 62.8 Å². The normalized spacial score (nSPS) is 18.2. The molecule has 1 saturated heterocycles. The SMILES string of the molecule is O=C(c1nn(-c2ccc(F)cc2)c2c1CCCC2)N1CCC(O)CC1. The lowest BCUT2D eigenvalue weighted by Gasteiger charge is -2.29. The topological polar surface area (TPSA) is 58.4 Å². The van der Waals surface area contributed by atoms with Gasteiger partial charge in [-0.2, -0.15) is 5.10 Å². The summed E-state index contributed by atoms with van der Waals surface area (Å²) in [5, 5.41) is 14.3. The number of aromatic nitrogens is 2. The third kappa shape index (κ3) is 3.06. The van der Waals surface area contributed by atoms with Crippen molar-refractivity contribution in [1.82, 2.24) is 14.7 Å². The monoisotopic (exact) mass is 343 g/mol. The zero-order chi connectivity index (χ0) is 17.4. The molecule has 2 aliphatic rings. The van der Waals surface area contributed by atoms with E-state index in [0.717, 1.165) is 42.6 Å². The molecule has 132 valence electrons. The molecule has 1 amide bonds. The Kier molecular flexibility index (Phi) is 4.29. The number of likely N-dealkylation sites (tertiary alicyclic amines) is 1. The summed E-state index contributed by atoms with van der Waals surface area (Å²) in [4.78, 5) is 14.8. The number of hydrogen-bond donors (Lipinski definition) is 1. The molecule has 1 fully saturated rings. The summed E-state index contributed by atoms with van der Waals surface area (Å²) in [6, 6.07) is 6.23. The van der Waals surface area contributed by atoms with Gasteiger partial charge in [-0.25, -0.2) is 9.07 Å². The number of piperidine rings is 1. The lowest BCUT2D eigenvalue weighted by molar-refractivity contribution is 0.0540. The van der Waals surface area contributed by atoms with Gasteiger partial charge in [0.1, 0.15) is 5.82 Å². The van der Waals surface area contributed by atoms with Crippen LogP contribution in [0.3, 0.4) is 0 Å². The quantitative estimate of drug-likeness (QED) is 0.911. The van der Waals surface area contributed by atoms with E-state index in [0.29, 0.717) is 31.6 Å². The summed E-state index contributed by atoms with van der Waals surface area (Å²) in [5.74, 6) is -0.334. The van der Waals surface area contributed by atoms with Gasteiger partial charge in [-0.1, -0.05) is 0 Å². The number of carbonyl (C=O) groups is 1. The summed E-state index contributed by atoms with van der Waals surface area (Å²) < 4.78 is 15.0. The summed E-state index contributed by atoms with van der Waals surface area (Å²) in [5.41, 5.74) is 3.41. The van der Waals surface area contributed by atoms with Crippen LogP contribution in [0, 0.1) is 5.82 Å². The Morgan fingerprint density at radius 3 is 2.52 bits per heavy atom. The highest BCUT2D eigenvalue weighted by molar-refractivity contribution is 5.94. The van der Waals surface area contributed by atoms with Crippen molar-refractivity contribution in [1.29, 1.82) is 0 Å². The van der Waals surface area contributed by atoms with Gasteiger partial charge in [0.2, 0.25) is 0 Å². The number of rotatable bonds is 2. The number of amides is 1. The van der Waals surface area contributed by atoms with Gasteiger partial charge in [0.15, 0.2) is 5.69 Å². The lowest BCUT2D eigenvalue weighted by atomic mass is 9.95. The van der Waals surface area contributed by atoms with Crippen LogP contribution in [0.1, 0.15) is 47.4 Å². The average molecular weight is 343 g/mol. The van der Waals surface area contributed by atoms with Crippen molar-refractivity contribution < 1.29 is 14.3 Å². The summed E-state index contributed by atoms with van der Waals surface area (Å²) >= 11 is 0. The minimum absolute atomic E-state index is 0.0501. The van der Waals surface area contributed by atoms with E-state index in [9.17, 15) is 14.3 Å². The van der Waals surface area contributed by atoms with Crippen molar-refractivity contribution in [2.24, 2.45) is 0 Å². The number of nitrogens with zero attached hydrogens (tertiary/aromatic N) is 3. The van der Waals surface area contributed by atoms with Crippen LogP contribution in [-0.2, 0) is 12.8 Å². The molecule has 4 rings (SSSR count). The predicted molar refractivity (Wildman–Crippen MR) is 91.3 cm³/mol. The summed E-state index contributed by atoms with van der Waals surface area (Å²) in [6.07, 6.45) is 4.79. The highest BCUT2D eigenvalue weighted by Gasteiger charge is 2.30. The molecule has 1 aromatic carbocycles.